The number of rotatable bonds is 4. The van der Waals surface area contributed by atoms with Gasteiger partial charge < -0.3 is 9.64 Å². The number of amides is 1. The van der Waals surface area contributed by atoms with Gasteiger partial charge in [0.2, 0.25) is 5.91 Å². The summed E-state index contributed by atoms with van der Waals surface area (Å²) in [7, 11) is 1.63. The Hall–Kier alpha value is -2.96. The second-order valence-corrected chi connectivity index (χ2v) is 6.43. The highest BCUT2D eigenvalue weighted by molar-refractivity contribution is 5.80. The van der Waals surface area contributed by atoms with E-state index in [2.05, 4.69) is 15.1 Å². The standard InChI is InChI=1S/C19H21N5O2/c1-26-17-8-3-2-6-14(17)12-18(25)23-11-5-4-7-15(23)16-9-10-20-19-21-13-22-24(16)19/h2-3,6,8-10,13,15H,4-5,7,11-12H2,1H3/t15-/m1/s1. The van der Waals surface area contributed by atoms with Gasteiger partial charge in [0.15, 0.2) is 0 Å². The van der Waals surface area contributed by atoms with Gasteiger partial charge in [-0.15, -0.1) is 0 Å². The van der Waals surface area contributed by atoms with E-state index in [1.807, 2.05) is 35.2 Å². The van der Waals surface area contributed by atoms with Crippen LogP contribution in [-0.2, 0) is 11.2 Å². The van der Waals surface area contributed by atoms with Gasteiger partial charge >= 0.3 is 0 Å². The van der Waals surface area contributed by atoms with Gasteiger partial charge in [-0.1, -0.05) is 18.2 Å². The molecule has 1 saturated heterocycles. The molecule has 3 aromatic rings. The molecule has 3 heterocycles. The average molecular weight is 351 g/mol. The fourth-order valence-corrected chi connectivity index (χ4v) is 3.66. The number of fused-ring (bicyclic) bond motifs is 1. The number of aromatic nitrogens is 4. The number of hydrogen-bond acceptors (Lipinski definition) is 5. The predicted octanol–water partition coefficient (Wildman–Crippen LogP) is 2.43. The minimum atomic E-state index is -0.0156. The van der Waals surface area contributed by atoms with Crippen LogP contribution >= 0.6 is 0 Å². The lowest BCUT2D eigenvalue weighted by atomic mass is 9.97. The third-order valence-corrected chi connectivity index (χ3v) is 4.91. The third-order valence-electron chi connectivity index (χ3n) is 4.91. The molecule has 7 heteroatoms. The summed E-state index contributed by atoms with van der Waals surface area (Å²) in [5.74, 6) is 1.41. The smallest absolute Gasteiger partial charge is 0.252 e. The summed E-state index contributed by atoms with van der Waals surface area (Å²) in [6.45, 7) is 0.747. The molecule has 0 bridgehead atoms. The number of hydrogen-bond donors (Lipinski definition) is 0. The van der Waals surface area contributed by atoms with Crippen molar-refractivity contribution in [3.05, 3.63) is 54.1 Å². The normalized spacial score (nSPS) is 17.4. The van der Waals surface area contributed by atoms with Crippen molar-refractivity contribution < 1.29 is 9.53 Å². The van der Waals surface area contributed by atoms with Gasteiger partial charge in [0.1, 0.15) is 12.1 Å². The van der Waals surface area contributed by atoms with E-state index in [4.69, 9.17) is 4.74 Å². The molecule has 0 N–H and O–H groups in total. The Morgan fingerprint density at radius 1 is 1.23 bits per heavy atom. The van der Waals surface area contributed by atoms with Gasteiger partial charge in [-0.05, 0) is 31.4 Å². The monoisotopic (exact) mass is 351 g/mol. The molecule has 26 heavy (non-hydrogen) atoms. The molecule has 4 rings (SSSR count). The van der Waals surface area contributed by atoms with Crippen LogP contribution in [0.5, 0.6) is 5.75 Å². The minimum absolute atomic E-state index is 0.0156. The molecule has 134 valence electrons. The van der Waals surface area contributed by atoms with Crippen molar-refractivity contribution >= 4 is 11.7 Å². The molecule has 1 atom stereocenters. The lowest BCUT2D eigenvalue weighted by molar-refractivity contribution is -0.134. The van der Waals surface area contributed by atoms with E-state index in [-0.39, 0.29) is 11.9 Å². The maximum Gasteiger partial charge on any atom is 0.252 e. The molecule has 1 fully saturated rings. The van der Waals surface area contributed by atoms with Crippen molar-refractivity contribution in [1.82, 2.24) is 24.5 Å². The molecular formula is C19H21N5O2. The van der Waals surface area contributed by atoms with E-state index < -0.39 is 0 Å². The minimum Gasteiger partial charge on any atom is -0.496 e. The first-order valence-corrected chi connectivity index (χ1v) is 8.84. The molecule has 0 saturated carbocycles. The molecule has 1 aliphatic heterocycles. The highest BCUT2D eigenvalue weighted by atomic mass is 16.5. The number of nitrogens with zero attached hydrogens (tertiary/aromatic N) is 5. The first-order valence-electron chi connectivity index (χ1n) is 8.84. The van der Waals surface area contributed by atoms with Crippen molar-refractivity contribution in [1.29, 1.82) is 0 Å². The van der Waals surface area contributed by atoms with Crippen LogP contribution in [0.25, 0.3) is 5.78 Å². The molecule has 1 aliphatic rings. The predicted molar refractivity (Wildman–Crippen MR) is 95.8 cm³/mol. The molecule has 7 nitrogen and oxygen atoms in total. The number of likely N-dealkylation sites (tertiary alicyclic amines) is 1. The molecule has 1 amide bonds. The van der Waals surface area contributed by atoms with E-state index in [1.165, 1.54) is 6.33 Å². The number of piperidine rings is 1. The van der Waals surface area contributed by atoms with Crippen LogP contribution in [-0.4, -0.2) is 44.0 Å². The SMILES string of the molecule is COc1ccccc1CC(=O)N1CCCC[C@@H]1c1ccnc2ncnn12. The zero-order chi connectivity index (χ0) is 17.9. The van der Waals surface area contributed by atoms with Gasteiger partial charge in [-0.3, -0.25) is 4.79 Å². The summed E-state index contributed by atoms with van der Waals surface area (Å²) in [5, 5.41) is 4.28. The highest BCUT2D eigenvalue weighted by Crippen LogP contribution is 2.31. The van der Waals surface area contributed by atoms with Crippen LogP contribution < -0.4 is 4.74 Å². The van der Waals surface area contributed by atoms with Crippen LogP contribution in [0.1, 0.15) is 36.6 Å². The molecule has 0 spiro atoms. The molecule has 0 radical (unpaired) electrons. The average Bonchev–Trinajstić information content (AvgIpc) is 3.17. The molecular weight excluding hydrogens is 330 g/mol. The summed E-state index contributed by atoms with van der Waals surface area (Å²) in [4.78, 5) is 23.4. The second-order valence-electron chi connectivity index (χ2n) is 6.43. The molecule has 1 aromatic carbocycles. The van der Waals surface area contributed by atoms with Gasteiger partial charge in [0.05, 0.1) is 25.3 Å². The van der Waals surface area contributed by atoms with Gasteiger partial charge in [0.25, 0.3) is 5.78 Å². The molecule has 2 aromatic heterocycles. The summed E-state index contributed by atoms with van der Waals surface area (Å²) < 4.78 is 7.13. The Morgan fingerprint density at radius 2 is 2.12 bits per heavy atom. The van der Waals surface area contributed by atoms with E-state index in [1.54, 1.807) is 17.8 Å². The second kappa shape index (κ2) is 7.11. The van der Waals surface area contributed by atoms with Crippen molar-refractivity contribution in [3.63, 3.8) is 0 Å². The first kappa shape index (κ1) is 16.5. The third kappa shape index (κ3) is 3.00. The Bertz CT molecular complexity index is 923. The Labute approximate surface area is 151 Å². The van der Waals surface area contributed by atoms with Crippen LogP contribution in [0, 0.1) is 0 Å². The van der Waals surface area contributed by atoms with Crippen LogP contribution in [0.15, 0.2) is 42.9 Å². The van der Waals surface area contributed by atoms with Gasteiger partial charge in [-0.25, -0.2) is 4.98 Å². The van der Waals surface area contributed by atoms with E-state index in [9.17, 15) is 4.79 Å². The summed E-state index contributed by atoms with van der Waals surface area (Å²) >= 11 is 0. The highest BCUT2D eigenvalue weighted by Gasteiger charge is 2.30. The number of carbonyl (C=O) groups excluding carboxylic acids is 1. The zero-order valence-corrected chi connectivity index (χ0v) is 14.7. The van der Waals surface area contributed by atoms with E-state index in [0.717, 1.165) is 42.8 Å². The van der Waals surface area contributed by atoms with Crippen molar-refractivity contribution in [2.45, 2.75) is 31.7 Å². The number of ether oxygens (including phenoxy) is 1. The number of para-hydroxylation sites is 1. The summed E-state index contributed by atoms with van der Waals surface area (Å²) in [6, 6.07) is 9.59. The van der Waals surface area contributed by atoms with Crippen LogP contribution in [0.3, 0.4) is 0 Å². The number of benzene rings is 1. The fraction of sp³-hybridized carbons (Fsp3) is 0.368. The van der Waals surface area contributed by atoms with Gasteiger partial charge in [-0.2, -0.15) is 14.6 Å². The largest absolute Gasteiger partial charge is 0.496 e. The fourth-order valence-electron chi connectivity index (χ4n) is 3.66. The summed E-state index contributed by atoms with van der Waals surface area (Å²) in [6.07, 6.45) is 6.57. The number of methoxy groups -OCH3 is 1. The van der Waals surface area contributed by atoms with Crippen LogP contribution in [0.4, 0.5) is 0 Å². The Kier molecular flexibility index (Phi) is 4.51. The van der Waals surface area contributed by atoms with Crippen molar-refractivity contribution in [3.8, 4) is 5.75 Å². The van der Waals surface area contributed by atoms with Crippen LogP contribution in [0.2, 0.25) is 0 Å². The Balaban J connectivity index is 1.63. The maximum atomic E-state index is 13.1. The van der Waals surface area contributed by atoms with Crippen molar-refractivity contribution in [2.75, 3.05) is 13.7 Å². The first-order chi connectivity index (χ1) is 12.8. The van der Waals surface area contributed by atoms with Gasteiger partial charge in [0, 0.05) is 18.3 Å². The molecule has 0 aliphatic carbocycles. The quantitative estimate of drug-likeness (QED) is 0.722. The topological polar surface area (TPSA) is 72.6 Å². The summed E-state index contributed by atoms with van der Waals surface area (Å²) in [5.41, 5.74) is 1.87. The van der Waals surface area contributed by atoms with E-state index in [0.29, 0.717) is 12.2 Å². The maximum absolute atomic E-state index is 13.1. The lowest BCUT2D eigenvalue weighted by Crippen LogP contribution is -2.40. The zero-order valence-electron chi connectivity index (χ0n) is 14.7. The van der Waals surface area contributed by atoms with E-state index >= 15 is 0 Å². The number of carbonyl (C=O) groups is 1. The van der Waals surface area contributed by atoms with Crippen molar-refractivity contribution in [2.24, 2.45) is 0 Å². The molecule has 0 unspecified atom stereocenters. The Morgan fingerprint density at radius 3 is 3.00 bits per heavy atom. The lowest BCUT2D eigenvalue weighted by Gasteiger charge is -2.36.